The van der Waals surface area contributed by atoms with Crippen molar-refractivity contribution in [3.8, 4) is 11.4 Å². The third kappa shape index (κ3) is 2.46. The van der Waals surface area contributed by atoms with E-state index in [4.69, 9.17) is 5.73 Å². The molecule has 1 aromatic heterocycles. The topological polar surface area (TPSA) is 69.6 Å². The third-order valence-corrected chi connectivity index (χ3v) is 5.46. The molecule has 21 heavy (non-hydrogen) atoms. The highest BCUT2D eigenvalue weighted by Crippen LogP contribution is 2.48. The van der Waals surface area contributed by atoms with E-state index in [0.717, 1.165) is 40.2 Å². The first-order valence-electron chi connectivity index (χ1n) is 7.51. The maximum absolute atomic E-state index is 5.92. The molecule has 3 atom stereocenters. The van der Waals surface area contributed by atoms with Crippen LogP contribution in [0.3, 0.4) is 0 Å². The summed E-state index contributed by atoms with van der Waals surface area (Å²) in [7, 11) is 0. The standard InChI is InChI=1S/C15H18BrN5/c16-13-5-11(6-14(17)7-13)15-18-19-20-21(15)8-12-4-9-1-2-10(12)3-9/h5-7,9-10,12H,1-4,8,17H2. The van der Waals surface area contributed by atoms with E-state index in [9.17, 15) is 0 Å². The van der Waals surface area contributed by atoms with Gasteiger partial charge in [-0.1, -0.05) is 22.4 Å². The molecule has 2 N–H and O–H groups in total. The van der Waals surface area contributed by atoms with Crippen LogP contribution in [0.15, 0.2) is 22.7 Å². The molecule has 1 heterocycles. The summed E-state index contributed by atoms with van der Waals surface area (Å²) in [5.41, 5.74) is 7.60. The summed E-state index contributed by atoms with van der Waals surface area (Å²) in [5, 5.41) is 12.3. The molecule has 4 rings (SSSR count). The number of benzene rings is 1. The number of anilines is 1. The molecule has 6 heteroatoms. The monoisotopic (exact) mass is 347 g/mol. The number of rotatable bonds is 3. The molecule has 0 saturated heterocycles. The van der Waals surface area contributed by atoms with Gasteiger partial charge in [-0.05, 0) is 65.6 Å². The Morgan fingerprint density at radius 2 is 2.14 bits per heavy atom. The molecule has 2 saturated carbocycles. The van der Waals surface area contributed by atoms with Gasteiger partial charge < -0.3 is 5.73 Å². The number of nitrogens with two attached hydrogens (primary N) is 1. The number of tetrazole rings is 1. The van der Waals surface area contributed by atoms with Gasteiger partial charge in [0, 0.05) is 22.3 Å². The zero-order valence-corrected chi connectivity index (χ0v) is 13.3. The fraction of sp³-hybridized carbons (Fsp3) is 0.533. The van der Waals surface area contributed by atoms with Crippen LogP contribution in [0.25, 0.3) is 11.4 Å². The van der Waals surface area contributed by atoms with Crippen molar-refractivity contribution >= 4 is 21.6 Å². The molecule has 2 bridgehead atoms. The number of fused-ring (bicyclic) bond motifs is 2. The summed E-state index contributed by atoms with van der Waals surface area (Å²) in [6.45, 7) is 0.927. The summed E-state index contributed by atoms with van der Waals surface area (Å²) in [4.78, 5) is 0. The van der Waals surface area contributed by atoms with Crippen molar-refractivity contribution in [1.29, 1.82) is 0 Å². The minimum Gasteiger partial charge on any atom is -0.399 e. The Balaban J connectivity index is 1.61. The predicted octanol–water partition coefficient (Wildman–Crippen LogP) is 3.12. The van der Waals surface area contributed by atoms with Crippen LogP contribution >= 0.6 is 15.9 Å². The van der Waals surface area contributed by atoms with Crippen LogP contribution in [0.1, 0.15) is 25.7 Å². The van der Waals surface area contributed by atoms with E-state index in [1.165, 1.54) is 25.7 Å². The largest absolute Gasteiger partial charge is 0.399 e. The number of nitrogens with zero attached hydrogens (tertiary/aromatic N) is 4. The zero-order valence-electron chi connectivity index (χ0n) is 11.7. The SMILES string of the molecule is Nc1cc(Br)cc(-c2nnnn2CC2CC3CCC2C3)c1. The summed E-state index contributed by atoms with van der Waals surface area (Å²) >= 11 is 3.48. The minimum atomic E-state index is 0.717. The summed E-state index contributed by atoms with van der Waals surface area (Å²) < 4.78 is 2.90. The highest BCUT2D eigenvalue weighted by atomic mass is 79.9. The third-order valence-electron chi connectivity index (χ3n) is 5.00. The lowest BCUT2D eigenvalue weighted by molar-refractivity contribution is 0.284. The van der Waals surface area contributed by atoms with Crippen molar-refractivity contribution in [2.75, 3.05) is 5.73 Å². The molecule has 2 fully saturated rings. The van der Waals surface area contributed by atoms with Crippen LogP contribution in [0.4, 0.5) is 5.69 Å². The Morgan fingerprint density at radius 3 is 2.86 bits per heavy atom. The second-order valence-electron chi connectivity index (χ2n) is 6.39. The van der Waals surface area contributed by atoms with Gasteiger partial charge in [-0.15, -0.1) is 5.10 Å². The normalized spacial score (nSPS) is 27.4. The number of hydrogen-bond donors (Lipinski definition) is 1. The van der Waals surface area contributed by atoms with Gasteiger partial charge in [-0.2, -0.15) is 0 Å². The van der Waals surface area contributed by atoms with Crippen molar-refractivity contribution < 1.29 is 0 Å². The van der Waals surface area contributed by atoms with E-state index < -0.39 is 0 Å². The number of nitrogen functional groups attached to an aromatic ring is 1. The molecule has 0 aliphatic heterocycles. The quantitative estimate of drug-likeness (QED) is 0.866. The van der Waals surface area contributed by atoms with Crippen molar-refractivity contribution in [2.24, 2.45) is 17.8 Å². The summed E-state index contributed by atoms with van der Waals surface area (Å²) in [5.74, 6) is 3.36. The molecule has 2 aromatic rings. The Labute approximate surface area is 132 Å². The van der Waals surface area contributed by atoms with Crippen molar-refractivity contribution in [1.82, 2.24) is 20.2 Å². The Kier molecular flexibility index (Phi) is 3.21. The van der Waals surface area contributed by atoms with E-state index in [1.54, 1.807) is 0 Å². The lowest BCUT2D eigenvalue weighted by Gasteiger charge is -2.21. The van der Waals surface area contributed by atoms with Gasteiger partial charge >= 0.3 is 0 Å². The van der Waals surface area contributed by atoms with Gasteiger partial charge in [0.15, 0.2) is 5.82 Å². The molecule has 0 spiro atoms. The van der Waals surface area contributed by atoms with Gasteiger partial charge in [0.05, 0.1) is 0 Å². The average Bonchev–Trinajstić information content (AvgIpc) is 3.13. The van der Waals surface area contributed by atoms with Crippen LogP contribution in [0.2, 0.25) is 0 Å². The maximum Gasteiger partial charge on any atom is 0.182 e. The van der Waals surface area contributed by atoms with Crippen LogP contribution in [0, 0.1) is 17.8 Å². The molecule has 110 valence electrons. The van der Waals surface area contributed by atoms with Crippen molar-refractivity contribution in [3.63, 3.8) is 0 Å². The van der Waals surface area contributed by atoms with Crippen LogP contribution in [-0.4, -0.2) is 20.2 Å². The summed E-state index contributed by atoms with van der Waals surface area (Å²) in [6.07, 6.45) is 5.55. The van der Waals surface area contributed by atoms with Gasteiger partial charge in [0.25, 0.3) is 0 Å². The van der Waals surface area contributed by atoms with E-state index in [2.05, 4.69) is 31.5 Å². The van der Waals surface area contributed by atoms with Crippen molar-refractivity contribution in [3.05, 3.63) is 22.7 Å². The number of hydrogen-bond acceptors (Lipinski definition) is 4. The van der Waals surface area contributed by atoms with Gasteiger partial charge in [0.1, 0.15) is 0 Å². The average molecular weight is 348 g/mol. The zero-order chi connectivity index (χ0) is 14.4. The van der Waals surface area contributed by atoms with Crippen molar-refractivity contribution in [2.45, 2.75) is 32.2 Å². The smallest absolute Gasteiger partial charge is 0.182 e. The summed E-state index contributed by atoms with van der Waals surface area (Å²) in [6, 6.07) is 5.82. The van der Waals surface area contributed by atoms with Crippen LogP contribution in [0.5, 0.6) is 0 Å². The molecule has 2 aliphatic rings. The maximum atomic E-state index is 5.92. The first-order chi connectivity index (χ1) is 10.2. The molecule has 5 nitrogen and oxygen atoms in total. The molecule has 2 aliphatic carbocycles. The van der Waals surface area contributed by atoms with Gasteiger partial charge in [0.2, 0.25) is 0 Å². The van der Waals surface area contributed by atoms with Gasteiger partial charge in [-0.3, -0.25) is 0 Å². The van der Waals surface area contributed by atoms with E-state index in [0.29, 0.717) is 5.69 Å². The molecular weight excluding hydrogens is 330 g/mol. The van der Waals surface area contributed by atoms with E-state index >= 15 is 0 Å². The fourth-order valence-electron chi connectivity index (χ4n) is 4.10. The first-order valence-corrected chi connectivity index (χ1v) is 8.31. The second kappa shape index (κ2) is 5.09. The van der Waals surface area contributed by atoms with Gasteiger partial charge in [-0.25, -0.2) is 4.68 Å². The molecule has 0 amide bonds. The number of aromatic nitrogens is 4. The van der Waals surface area contributed by atoms with Crippen LogP contribution < -0.4 is 5.73 Å². The first kappa shape index (κ1) is 13.2. The minimum absolute atomic E-state index is 0.717. The lowest BCUT2D eigenvalue weighted by Crippen LogP contribution is -2.18. The van der Waals surface area contributed by atoms with E-state index in [-0.39, 0.29) is 0 Å². The Bertz CT molecular complexity index is 648. The molecular formula is C15H18BrN5. The number of halogens is 1. The Hall–Kier alpha value is -1.43. The highest BCUT2D eigenvalue weighted by Gasteiger charge is 2.39. The lowest BCUT2D eigenvalue weighted by atomic mass is 9.89. The highest BCUT2D eigenvalue weighted by molar-refractivity contribution is 9.10. The molecule has 0 radical (unpaired) electrons. The Morgan fingerprint density at radius 1 is 1.24 bits per heavy atom. The predicted molar refractivity (Wildman–Crippen MR) is 84.3 cm³/mol. The molecule has 3 unspecified atom stereocenters. The van der Waals surface area contributed by atoms with E-state index in [1.807, 2.05) is 22.9 Å². The van der Waals surface area contributed by atoms with Crippen LogP contribution in [-0.2, 0) is 6.54 Å². The molecule has 1 aromatic carbocycles. The second-order valence-corrected chi connectivity index (χ2v) is 7.31. The fourth-order valence-corrected chi connectivity index (χ4v) is 4.61.